The third-order valence-electron chi connectivity index (χ3n) is 3.50. The van der Waals surface area contributed by atoms with Crippen LogP contribution in [0, 0.1) is 12.7 Å². The van der Waals surface area contributed by atoms with E-state index in [1.807, 2.05) is 31.2 Å². The maximum Gasteiger partial charge on any atom is 0.132 e. The molecule has 0 aliphatic rings. The van der Waals surface area contributed by atoms with Crippen molar-refractivity contribution in [2.75, 3.05) is 0 Å². The van der Waals surface area contributed by atoms with Crippen molar-refractivity contribution < 1.29 is 9.13 Å². The van der Waals surface area contributed by atoms with Crippen molar-refractivity contribution in [1.82, 2.24) is 15.0 Å². The number of hydrogen-bond donors (Lipinski definition) is 1. The number of hydrogen-bond acceptors (Lipinski definition) is 4. The van der Waals surface area contributed by atoms with Gasteiger partial charge in [0.15, 0.2) is 0 Å². The van der Waals surface area contributed by atoms with Crippen LogP contribution in [0.3, 0.4) is 0 Å². The highest BCUT2D eigenvalue weighted by molar-refractivity contribution is 5.34. The van der Waals surface area contributed by atoms with Gasteiger partial charge in [-0.15, -0.1) is 5.10 Å². The molecule has 0 aliphatic heterocycles. The Kier molecular flexibility index (Phi) is 4.34. The van der Waals surface area contributed by atoms with Crippen LogP contribution < -0.4 is 10.5 Å². The van der Waals surface area contributed by atoms with E-state index in [4.69, 9.17) is 10.5 Å². The third-order valence-corrected chi connectivity index (χ3v) is 3.50. The summed E-state index contributed by atoms with van der Waals surface area (Å²) >= 11 is 0. The van der Waals surface area contributed by atoms with Crippen LogP contribution in [-0.4, -0.2) is 15.0 Å². The van der Waals surface area contributed by atoms with Gasteiger partial charge < -0.3 is 10.5 Å². The molecule has 1 heterocycles. The highest BCUT2D eigenvalue weighted by Gasteiger charge is 2.14. The lowest BCUT2D eigenvalue weighted by molar-refractivity contribution is 0.296. The molecule has 0 saturated carbocycles. The molecule has 2 aromatic carbocycles. The highest BCUT2D eigenvalue weighted by Crippen LogP contribution is 2.18. The summed E-state index contributed by atoms with van der Waals surface area (Å²) in [7, 11) is 0. The van der Waals surface area contributed by atoms with Gasteiger partial charge in [0, 0.05) is 6.54 Å². The average Bonchev–Trinajstić information content (AvgIpc) is 2.98. The Balaban J connectivity index is 1.86. The summed E-state index contributed by atoms with van der Waals surface area (Å²) in [5.41, 5.74) is 9.00. The molecule has 0 unspecified atom stereocenters. The molecular formula is C17H17FN4O. The molecule has 3 aromatic rings. The van der Waals surface area contributed by atoms with Crippen LogP contribution in [-0.2, 0) is 13.2 Å². The van der Waals surface area contributed by atoms with Crippen molar-refractivity contribution in [1.29, 1.82) is 0 Å². The Labute approximate surface area is 133 Å². The topological polar surface area (TPSA) is 66.0 Å². The summed E-state index contributed by atoms with van der Waals surface area (Å²) in [5, 5.41) is 8.17. The second-order valence-electron chi connectivity index (χ2n) is 5.18. The SMILES string of the molecule is Cc1ccc(OCc2c(CN)nnn2-c2ccc(F)cc2)cc1. The molecule has 3 rings (SSSR count). The van der Waals surface area contributed by atoms with Crippen molar-refractivity contribution in [3.63, 3.8) is 0 Å². The largest absolute Gasteiger partial charge is 0.487 e. The van der Waals surface area contributed by atoms with E-state index in [1.165, 1.54) is 12.1 Å². The van der Waals surface area contributed by atoms with Crippen LogP contribution in [0.15, 0.2) is 48.5 Å². The lowest BCUT2D eigenvalue weighted by Gasteiger charge is -2.10. The Morgan fingerprint density at radius 3 is 2.43 bits per heavy atom. The summed E-state index contributed by atoms with van der Waals surface area (Å²) in [4.78, 5) is 0. The van der Waals surface area contributed by atoms with Gasteiger partial charge in [0.05, 0.1) is 5.69 Å². The molecule has 5 nitrogen and oxygen atoms in total. The van der Waals surface area contributed by atoms with Gasteiger partial charge in [-0.2, -0.15) is 0 Å². The summed E-state index contributed by atoms with van der Waals surface area (Å²) in [6, 6.07) is 13.8. The highest BCUT2D eigenvalue weighted by atomic mass is 19.1. The predicted octanol–water partition coefficient (Wildman–Crippen LogP) is 2.75. The van der Waals surface area contributed by atoms with Crippen LogP contribution in [0.5, 0.6) is 5.75 Å². The summed E-state index contributed by atoms with van der Waals surface area (Å²) < 4.78 is 20.5. The van der Waals surface area contributed by atoms with Gasteiger partial charge in [-0.25, -0.2) is 9.07 Å². The number of ether oxygens (including phenoxy) is 1. The normalized spacial score (nSPS) is 10.7. The third kappa shape index (κ3) is 3.37. The smallest absolute Gasteiger partial charge is 0.132 e. The van der Waals surface area contributed by atoms with Crippen LogP contribution in [0.2, 0.25) is 0 Å². The van der Waals surface area contributed by atoms with E-state index < -0.39 is 0 Å². The van der Waals surface area contributed by atoms with Gasteiger partial charge in [-0.1, -0.05) is 22.9 Å². The minimum atomic E-state index is -0.301. The molecule has 0 radical (unpaired) electrons. The predicted molar refractivity (Wildman–Crippen MR) is 84.7 cm³/mol. The lowest BCUT2D eigenvalue weighted by atomic mass is 10.2. The molecular weight excluding hydrogens is 295 g/mol. The molecule has 0 aliphatic carbocycles. The van der Waals surface area contributed by atoms with E-state index in [0.29, 0.717) is 11.4 Å². The molecule has 0 spiro atoms. The average molecular weight is 312 g/mol. The standard InChI is InChI=1S/C17H17FN4O/c1-12-2-8-15(9-3-12)23-11-17-16(10-19)20-21-22(17)14-6-4-13(18)5-7-14/h2-9H,10-11,19H2,1H3. The van der Waals surface area contributed by atoms with Crippen molar-refractivity contribution in [3.8, 4) is 11.4 Å². The number of nitrogens with zero attached hydrogens (tertiary/aromatic N) is 3. The number of halogens is 1. The molecule has 2 N–H and O–H groups in total. The number of nitrogens with two attached hydrogens (primary N) is 1. The van der Waals surface area contributed by atoms with Crippen LogP contribution in [0.25, 0.3) is 5.69 Å². The van der Waals surface area contributed by atoms with E-state index in [1.54, 1.807) is 16.8 Å². The van der Waals surface area contributed by atoms with Gasteiger partial charge in [0.25, 0.3) is 0 Å². The van der Waals surface area contributed by atoms with Crippen molar-refractivity contribution in [2.45, 2.75) is 20.1 Å². The first-order valence-electron chi connectivity index (χ1n) is 7.26. The summed E-state index contributed by atoms with van der Waals surface area (Å²) in [6.07, 6.45) is 0. The van der Waals surface area contributed by atoms with Crippen molar-refractivity contribution in [2.24, 2.45) is 5.73 Å². The molecule has 1 aromatic heterocycles. The van der Waals surface area contributed by atoms with Crippen molar-refractivity contribution >= 4 is 0 Å². The van der Waals surface area contributed by atoms with E-state index in [-0.39, 0.29) is 19.0 Å². The quantitative estimate of drug-likeness (QED) is 0.786. The fourth-order valence-corrected chi connectivity index (χ4v) is 2.21. The van der Waals surface area contributed by atoms with Gasteiger partial charge in [0.1, 0.15) is 29.6 Å². The first kappa shape index (κ1) is 15.2. The molecule has 0 saturated heterocycles. The molecule has 118 valence electrons. The molecule has 0 atom stereocenters. The van der Waals surface area contributed by atoms with Gasteiger partial charge in [-0.3, -0.25) is 0 Å². The number of aromatic nitrogens is 3. The number of aryl methyl sites for hydroxylation is 1. The van der Waals surface area contributed by atoms with Crippen LogP contribution in [0.4, 0.5) is 4.39 Å². The molecule has 6 heteroatoms. The molecule has 0 amide bonds. The molecule has 23 heavy (non-hydrogen) atoms. The van der Waals surface area contributed by atoms with Gasteiger partial charge in [0.2, 0.25) is 0 Å². The minimum absolute atomic E-state index is 0.258. The zero-order chi connectivity index (χ0) is 16.2. The molecule has 0 bridgehead atoms. The fraction of sp³-hybridized carbons (Fsp3) is 0.176. The second-order valence-corrected chi connectivity index (χ2v) is 5.18. The second kappa shape index (κ2) is 6.58. The first-order valence-corrected chi connectivity index (χ1v) is 7.26. The zero-order valence-electron chi connectivity index (χ0n) is 12.7. The van der Waals surface area contributed by atoms with Crippen molar-refractivity contribution in [3.05, 3.63) is 71.3 Å². The van der Waals surface area contributed by atoms with E-state index in [0.717, 1.165) is 17.0 Å². The summed E-state index contributed by atoms with van der Waals surface area (Å²) in [5.74, 6) is 0.454. The fourth-order valence-electron chi connectivity index (χ4n) is 2.21. The van der Waals surface area contributed by atoms with E-state index in [9.17, 15) is 4.39 Å². The number of benzene rings is 2. The van der Waals surface area contributed by atoms with Crippen LogP contribution in [0.1, 0.15) is 17.0 Å². The van der Waals surface area contributed by atoms with Gasteiger partial charge in [-0.05, 0) is 43.3 Å². The van der Waals surface area contributed by atoms with E-state index >= 15 is 0 Å². The van der Waals surface area contributed by atoms with Crippen LogP contribution >= 0.6 is 0 Å². The zero-order valence-corrected chi connectivity index (χ0v) is 12.7. The Hall–Kier alpha value is -2.73. The first-order chi connectivity index (χ1) is 11.2. The minimum Gasteiger partial charge on any atom is -0.487 e. The monoisotopic (exact) mass is 312 g/mol. The van der Waals surface area contributed by atoms with Gasteiger partial charge >= 0.3 is 0 Å². The maximum absolute atomic E-state index is 13.1. The summed E-state index contributed by atoms with van der Waals surface area (Å²) in [6.45, 7) is 2.55. The van der Waals surface area contributed by atoms with E-state index in [2.05, 4.69) is 10.3 Å². The Bertz CT molecular complexity index is 781. The Morgan fingerprint density at radius 2 is 1.78 bits per heavy atom. The molecule has 0 fully saturated rings. The number of rotatable bonds is 5. The lowest BCUT2D eigenvalue weighted by Crippen LogP contribution is -2.09. The Morgan fingerprint density at radius 1 is 1.09 bits per heavy atom. The maximum atomic E-state index is 13.1.